The first-order chi connectivity index (χ1) is 10.8. The zero-order valence-corrected chi connectivity index (χ0v) is 14.0. The summed E-state index contributed by atoms with van der Waals surface area (Å²) < 4.78 is 5.18. The molecule has 5 nitrogen and oxygen atoms in total. The van der Waals surface area contributed by atoms with Crippen LogP contribution in [0.1, 0.15) is 45.6 Å². The molecule has 5 heteroatoms. The van der Waals surface area contributed by atoms with Gasteiger partial charge in [0.25, 0.3) is 0 Å². The van der Waals surface area contributed by atoms with E-state index in [4.69, 9.17) is 4.74 Å². The minimum atomic E-state index is -0.661. The van der Waals surface area contributed by atoms with E-state index in [0.717, 1.165) is 5.56 Å². The average molecular weight is 319 g/mol. The molecule has 1 amide bonds. The molecule has 0 bridgehead atoms. The van der Waals surface area contributed by atoms with Gasteiger partial charge in [0.05, 0.1) is 6.04 Å². The van der Waals surface area contributed by atoms with Crippen molar-refractivity contribution in [1.82, 2.24) is 5.32 Å². The number of nitrogens with one attached hydrogen (secondary N) is 1. The quantitative estimate of drug-likeness (QED) is 0.590. The van der Waals surface area contributed by atoms with Crippen LogP contribution in [0.2, 0.25) is 0 Å². The molecular weight excluding hydrogens is 294 g/mol. The van der Waals surface area contributed by atoms with Gasteiger partial charge in [0.1, 0.15) is 11.9 Å². The Morgan fingerprint density at radius 1 is 1.17 bits per heavy atom. The summed E-state index contributed by atoms with van der Waals surface area (Å²) >= 11 is 0. The van der Waals surface area contributed by atoms with Crippen LogP contribution in [-0.2, 0) is 25.5 Å². The maximum Gasteiger partial charge on any atom is 0.306 e. The predicted molar refractivity (Wildman–Crippen MR) is 87.8 cm³/mol. The third-order valence-electron chi connectivity index (χ3n) is 3.07. The summed E-state index contributed by atoms with van der Waals surface area (Å²) in [5.41, 5.74) is 0.520. The Balaban J connectivity index is 2.33. The lowest BCUT2D eigenvalue weighted by molar-refractivity contribution is -0.155. The number of rotatable bonds is 8. The highest BCUT2D eigenvalue weighted by Crippen LogP contribution is 2.10. The van der Waals surface area contributed by atoms with Crippen molar-refractivity contribution in [2.24, 2.45) is 0 Å². The number of amides is 1. The lowest BCUT2D eigenvalue weighted by Crippen LogP contribution is -2.37. The van der Waals surface area contributed by atoms with Crippen molar-refractivity contribution < 1.29 is 19.1 Å². The molecule has 1 aromatic rings. The lowest BCUT2D eigenvalue weighted by atomic mass is 10.1. The van der Waals surface area contributed by atoms with E-state index in [1.165, 1.54) is 0 Å². The first-order valence-corrected chi connectivity index (χ1v) is 7.80. The Hall–Kier alpha value is -2.17. The van der Waals surface area contributed by atoms with Gasteiger partial charge in [-0.25, -0.2) is 0 Å². The number of aryl methyl sites for hydroxylation is 1. The summed E-state index contributed by atoms with van der Waals surface area (Å²) in [5.74, 6) is -0.571. The topological polar surface area (TPSA) is 72.5 Å². The van der Waals surface area contributed by atoms with Gasteiger partial charge in [0.2, 0.25) is 5.91 Å². The molecule has 126 valence electrons. The van der Waals surface area contributed by atoms with Crippen LogP contribution in [0, 0.1) is 0 Å². The minimum Gasteiger partial charge on any atom is -0.460 e. The molecule has 0 radical (unpaired) electrons. The zero-order chi connectivity index (χ0) is 17.3. The Kier molecular flexibility index (Phi) is 7.45. The summed E-state index contributed by atoms with van der Waals surface area (Å²) in [6, 6.07) is 9.00. The van der Waals surface area contributed by atoms with Crippen LogP contribution < -0.4 is 5.32 Å². The number of hydrogen-bond acceptors (Lipinski definition) is 4. The van der Waals surface area contributed by atoms with Crippen LogP contribution in [0.25, 0.3) is 0 Å². The van der Waals surface area contributed by atoms with Gasteiger partial charge in [-0.1, -0.05) is 30.3 Å². The Morgan fingerprint density at radius 3 is 2.39 bits per heavy atom. The fraction of sp³-hybridized carbons (Fsp3) is 0.500. The van der Waals surface area contributed by atoms with Gasteiger partial charge < -0.3 is 14.8 Å². The van der Waals surface area contributed by atoms with Crippen molar-refractivity contribution >= 4 is 18.2 Å². The molecule has 0 spiro atoms. The van der Waals surface area contributed by atoms with Gasteiger partial charge in [0, 0.05) is 12.8 Å². The minimum absolute atomic E-state index is 0.0969. The van der Waals surface area contributed by atoms with E-state index in [9.17, 15) is 14.4 Å². The van der Waals surface area contributed by atoms with Crippen LogP contribution in [0.4, 0.5) is 0 Å². The van der Waals surface area contributed by atoms with Gasteiger partial charge >= 0.3 is 5.97 Å². The fourth-order valence-corrected chi connectivity index (χ4v) is 2.02. The van der Waals surface area contributed by atoms with Crippen LogP contribution in [0.15, 0.2) is 30.3 Å². The van der Waals surface area contributed by atoms with Crippen molar-refractivity contribution in [3.05, 3.63) is 35.9 Å². The van der Waals surface area contributed by atoms with E-state index in [2.05, 4.69) is 5.32 Å². The normalized spacial score (nSPS) is 12.3. The smallest absolute Gasteiger partial charge is 0.306 e. The molecule has 0 aliphatic rings. The Morgan fingerprint density at radius 2 is 1.83 bits per heavy atom. The molecule has 0 aromatic heterocycles. The molecule has 0 saturated carbocycles. The van der Waals surface area contributed by atoms with Gasteiger partial charge in [-0.15, -0.1) is 0 Å². The van der Waals surface area contributed by atoms with Crippen molar-refractivity contribution in [3.8, 4) is 0 Å². The molecule has 0 fully saturated rings. The molecule has 0 saturated heterocycles. The highest BCUT2D eigenvalue weighted by Gasteiger charge is 2.18. The van der Waals surface area contributed by atoms with Crippen LogP contribution in [-0.4, -0.2) is 29.8 Å². The number of benzene rings is 1. The highest BCUT2D eigenvalue weighted by molar-refractivity contribution is 5.80. The number of hydrogen-bond donors (Lipinski definition) is 1. The summed E-state index contributed by atoms with van der Waals surface area (Å²) in [7, 11) is 0. The number of carbonyl (C=O) groups excluding carboxylic acids is 3. The monoisotopic (exact) mass is 319 g/mol. The van der Waals surface area contributed by atoms with E-state index >= 15 is 0 Å². The standard InChI is InChI=1S/C18H25NO4/c1-18(2,3)23-17(22)12-10-15(13-20)19-16(21)11-9-14-7-5-4-6-8-14/h4-8,13,15H,9-12H2,1-3H3,(H,19,21). The number of ether oxygens (including phenoxy) is 1. The maximum atomic E-state index is 11.9. The molecule has 1 aromatic carbocycles. The van der Waals surface area contributed by atoms with Crippen LogP contribution in [0.3, 0.4) is 0 Å². The second kappa shape index (κ2) is 9.08. The molecule has 1 atom stereocenters. The highest BCUT2D eigenvalue weighted by atomic mass is 16.6. The Labute approximate surface area is 137 Å². The van der Waals surface area contributed by atoms with E-state index < -0.39 is 11.6 Å². The van der Waals surface area contributed by atoms with E-state index in [0.29, 0.717) is 19.1 Å². The summed E-state index contributed by atoms with van der Waals surface area (Å²) in [6.45, 7) is 5.36. The molecule has 0 aliphatic carbocycles. The van der Waals surface area contributed by atoms with Crippen molar-refractivity contribution in [3.63, 3.8) is 0 Å². The number of aldehydes is 1. The van der Waals surface area contributed by atoms with Crippen LogP contribution >= 0.6 is 0 Å². The van der Waals surface area contributed by atoms with Gasteiger partial charge in [-0.3, -0.25) is 9.59 Å². The average Bonchev–Trinajstić information content (AvgIpc) is 2.48. The first-order valence-electron chi connectivity index (χ1n) is 7.80. The van der Waals surface area contributed by atoms with E-state index in [1.54, 1.807) is 20.8 Å². The van der Waals surface area contributed by atoms with Crippen molar-refractivity contribution in [2.75, 3.05) is 0 Å². The first kappa shape index (κ1) is 18.9. The molecule has 0 aliphatic heterocycles. The summed E-state index contributed by atoms with van der Waals surface area (Å²) in [6.07, 6.45) is 1.92. The Bertz CT molecular complexity index is 520. The molecule has 1 N–H and O–H groups in total. The second-order valence-corrected chi connectivity index (χ2v) is 6.42. The van der Waals surface area contributed by atoms with Crippen molar-refractivity contribution in [2.45, 2.75) is 58.1 Å². The fourth-order valence-electron chi connectivity index (χ4n) is 2.02. The molecule has 23 heavy (non-hydrogen) atoms. The van der Waals surface area contributed by atoms with Gasteiger partial charge in [-0.05, 0) is 39.2 Å². The largest absolute Gasteiger partial charge is 0.460 e. The van der Waals surface area contributed by atoms with E-state index in [1.807, 2.05) is 30.3 Å². The lowest BCUT2D eigenvalue weighted by Gasteiger charge is -2.20. The molecule has 1 rings (SSSR count). The molecule has 1 unspecified atom stereocenters. The third-order valence-corrected chi connectivity index (χ3v) is 3.07. The zero-order valence-electron chi connectivity index (χ0n) is 14.0. The SMILES string of the molecule is CC(C)(C)OC(=O)CCC(C=O)NC(=O)CCc1ccccc1. The van der Waals surface area contributed by atoms with Crippen LogP contribution in [0.5, 0.6) is 0 Å². The number of esters is 1. The summed E-state index contributed by atoms with van der Waals surface area (Å²) in [4.78, 5) is 34.5. The van der Waals surface area contributed by atoms with E-state index in [-0.39, 0.29) is 24.7 Å². The summed E-state index contributed by atoms with van der Waals surface area (Å²) in [5, 5.41) is 2.64. The van der Waals surface area contributed by atoms with Crippen molar-refractivity contribution in [1.29, 1.82) is 0 Å². The second-order valence-electron chi connectivity index (χ2n) is 6.42. The van der Waals surface area contributed by atoms with Gasteiger partial charge in [-0.2, -0.15) is 0 Å². The maximum absolute atomic E-state index is 11.9. The number of carbonyl (C=O) groups is 3. The third kappa shape index (κ3) is 8.76. The predicted octanol–water partition coefficient (Wildman–Crippen LogP) is 2.42. The molecular formula is C18H25NO4. The molecule has 0 heterocycles. The van der Waals surface area contributed by atoms with Gasteiger partial charge in [0.15, 0.2) is 0 Å².